The van der Waals surface area contributed by atoms with Gasteiger partial charge in [-0.3, -0.25) is 4.79 Å². The molecule has 0 aromatic rings. The van der Waals surface area contributed by atoms with Crippen LogP contribution in [0, 0.1) is 5.92 Å². The first kappa shape index (κ1) is 12.2. The molecule has 0 saturated heterocycles. The lowest BCUT2D eigenvalue weighted by atomic mass is 10.1. The van der Waals surface area contributed by atoms with E-state index < -0.39 is 0 Å². The number of ether oxygens (including phenoxy) is 1. The normalized spacial score (nSPS) is 13.2. The van der Waals surface area contributed by atoms with E-state index in [1.54, 1.807) is 0 Å². The van der Waals surface area contributed by atoms with Crippen molar-refractivity contribution in [3.63, 3.8) is 0 Å². The first-order valence-electron chi connectivity index (χ1n) is 5.05. The Morgan fingerprint density at radius 1 is 1.46 bits per heavy atom. The highest BCUT2D eigenvalue weighted by atomic mass is 16.5. The summed E-state index contributed by atoms with van der Waals surface area (Å²) in [5, 5.41) is 0. The second kappa shape index (κ2) is 7.84. The van der Waals surface area contributed by atoms with E-state index in [4.69, 9.17) is 4.74 Å². The Hall–Kier alpha value is -0.790. The van der Waals surface area contributed by atoms with Crippen molar-refractivity contribution in [3.05, 3.63) is 12.2 Å². The molecule has 76 valence electrons. The summed E-state index contributed by atoms with van der Waals surface area (Å²) >= 11 is 0. The number of esters is 1. The number of carbonyl (C=O) groups excluding carboxylic acids is 1. The Bertz CT molecular complexity index is 161. The molecule has 2 heteroatoms. The first-order chi connectivity index (χ1) is 6.22. The zero-order valence-corrected chi connectivity index (χ0v) is 8.88. The molecule has 0 amide bonds. The highest BCUT2D eigenvalue weighted by Gasteiger charge is 2.08. The van der Waals surface area contributed by atoms with Gasteiger partial charge < -0.3 is 4.74 Å². The molecule has 0 aliphatic heterocycles. The van der Waals surface area contributed by atoms with Crippen molar-refractivity contribution < 1.29 is 9.53 Å². The topological polar surface area (TPSA) is 26.3 Å². The van der Waals surface area contributed by atoms with Crippen molar-refractivity contribution in [1.29, 1.82) is 0 Å². The lowest BCUT2D eigenvalue weighted by molar-refractivity contribution is -0.145. The summed E-state index contributed by atoms with van der Waals surface area (Å²) < 4.78 is 4.87. The summed E-state index contributed by atoms with van der Waals surface area (Å²) in [6.07, 6.45) is 7.42. The second-order valence-electron chi connectivity index (χ2n) is 3.11. The van der Waals surface area contributed by atoms with Crippen LogP contribution in [0.5, 0.6) is 0 Å². The van der Waals surface area contributed by atoms with Crippen LogP contribution in [0.25, 0.3) is 0 Å². The minimum atomic E-state index is -0.129. The van der Waals surface area contributed by atoms with E-state index in [0.717, 1.165) is 6.42 Å². The molecule has 0 rings (SSSR count). The van der Waals surface area contributed by atoms with Gasteiger partial charge in [0.2, 0.25) is 0 Å². The fraction of sp³-hybridized carbons (Fsp3) is 0.727. The SMILES string of the molecule is CCCC/C=C\C(C)C(=O)OCC. The predicted octanol–water partition coefficient (Wildman–Crippen LogP) is 2.93. The molecule has 1 atom stereocenters. The third-order valence-corrected chi connectivity index (χ3v) is 1.81. The third kappa shape index (κ3) is 6.38. The second-order valence-corrected chi connectivity index (χ2v) is 3.11. The molecule has 2 nitrogen and oxygen atoms in total. The van der Waals surface area contributed by atoms with Crippen LogP contribution in [0.2, 0.25) is 0 Å². The van der Waals surface area contributed by atoms with Gasteiger partial charge in [0.25, 0.3) is 0 Å². The van der Waals surface area contributed by atoms with E-state index in [2.05, 4.69) is 13.0 Å². The van der Waals surface area contributed by atoms with Crippen LogP contribution in [0.4, 0.5) is 0 Å². The average Bonchev–Trinajstić information content (AvgIpc) is 2.12. The Balaban J connectivity index is 3.64. The molecule has 13 heavy (non-hydrogen) atoms. The van der Waals surface area contributed by atoms with Crippen LogP contribution < -0.4 is 0 Å². The zero-order valence-electron chi connectivity index (χ0n) is 8.88. The van der Waals surface area contributed by atoms with E-state index in [9.17, 15) is 4.79 Å². The molecule has 0 saturated carbocycles. The summed E-state index contributed by atoms with van der Waals surface area (Å²) in [5.74, 6) is -0.230. The predicted molar refractivity (Wildman–Crippen MR) is 54.5 cm³/mol. The summed E-state index contributed by atoms with van der Waals surface area (Å²) in [6.45, 7) is 6.31. The number of hydrogen-bond acceptors (Lipinski definition) is 2. The van der Waals surface area contributed by atoms with Crippen molar-refractivity contribution in [1.82, 2.24) is 0 Å². The van der Waals surface area contributed by atoms with Gasteiger partial charge in [-0.2, -0.15) is 0 Å². The fourth-order valence-corrected chi connectivity index (χ4v) is 0.975. The summed E-state index contributed by atoms with van der Waals surface area (Å²) in [4.78, 5) is 11.1. The minimum absolute atomic E-state index is 0.100. The van der Waals surface area contributed by atoms with E-state index in [1.165, 1.54) is 12.8 Å². The Morgan fingerprint density at radius 2 is 2.15 bits per heavy atom. The van der Waals surface area contributed by atoms with Crippen molar-refractivity contribution >= 4 is 5.97 Å². The molecule has 0 spiro atoms. The van der Waals surface area contributed by atoms with Crippen LogP contribution in [-0.4, -0.2) is 12.6 Å². The molecular formula is C11H20O2. The summed E-state index contributed by atoms with van der Waals surface area (Å²) in [7, 11) is 0. The Labute approximate surface area is 81.0 Å². The monoisotopic (exact) mass is 184 g/mol. The Kier molecular flexibility index (Phi) is 7.36. The molecule has 0 heterocycles. The quantitative estimate of drug-likeness (QED) is 0.360. The van der Waals surface area contributed by atoms with Gasteiger partial charge in [0.1, 0.15) is 0 Å². The van der Waals surface area contributed by atoms with Crippen molar-refractivity contribution in [2.75, 3.05) is 6.61 Å². The largest absolute Gasteiger partial charge is 0.466 e. The smallest absolute Gasteiger partial charge is 0.312 e. The number of rotatable bonds is 6. The number of hydrogen-bond donors (Lipinski definition) is 0. The van der Waals surface area contributed by atoms with Crippen LogP contribution in [0.3, 0.4) is 0 Å². The van der Waals surface area contributed by atoms with Gasteiger partial charge in [-0.15, -0.1) is 0 Å². The van der Waals surface area contributed by atoms with Gasteiger partial charge in [0.15, 0.2) is 0 Å². The van der Waals surface area contributed by atoms with Gasteiger partial charge in [-0.25, -0.2) is 0 Å². The molecule has 0 aliphatic carbocycles. The minimum Gasteiger partial charge on any atom is -0.466 e. The van der Waals surface area contributed by atoms with Crippen LogP contribution >= 0.6 is 0 Å². The van der Waals surface area contributed by atoms with Gasteiger partial charge in [-0.05, 0) is 20.3 Å². The van der Waals surface area contributed by atoms with Crippen molar-refractivity contribution in [2.24, 2.45) is 5.92 Å². The maximum atomic E-state index is 11.1. The number of carbonyl (C=O) groups is 1. The zero-order chi connectivity index (χ0) is 10.1. The molecule has 0 fully saturated rings. The van der Waals surface area contributed by atoms with Gasteiger partial charge in [0.05, 0.1) is 12.5 Å². The Morgan fingerprint density at radius 3 is 2.69 bits per heavy atom. The van der Waals surface area contributed by atoms with E-state index in [0.29, 0.717) is 6.61 Å². The molecule has 0 radical (unpaired) electrons. The molecule has 0 aliphatic rings. The van der Waals surface area contributed by atoms with Gasteiger partial charge in [0, 0.05) is 0 Å². The molecular weight excluding hydrogens is 164 g/mol. The molecule has 0 N–H and O–H groups in total. The summed E-state index contributed by atoms with van der Waals surface area (Å²) in [5.41, 5.74) is 0. The van der Waals surface area contributed by atoms with Crippen molar-refractivity contribution in [3.8, 4) is 0 Å². The van der Waals surface area contributed by atoms with Gasteiger partial charge >= 0.3 is 5.97 Å². The van der Waals surface area contributed by atoms with Crippen LogP contribution in [-0.2, 0) is 9.53 Å². The van der Waals surface area contributed by atoms with Gasteiger partial charge in [-0.1, -0.05) is 31.9 Å². The number of unbranched alkanes of at least 4 members (excludes halogenated alkanes) is 2. The van der Waals surface area contributed by atoms with E-state index in [1.807, 2.05) is 19.9 Å². The third-order valence-electron chi connectivity index (χ3n) is 1.81. The molecule has 0 bridgehead atoms. The maximum Gasteiger partial charge on any atom is 0.312 e. The fourth-order valence-electron chi connectivity index (χ4n) is 0.975. The van der Waals surface area contributed by atoms with Crippen LogP contribution in [0.15, 0.2) is 12.2 Å². The lowest BCUT2D eigenvalue weighted by Gasteiger charge is -2.04. The highest BCUT2D eigenvalue weighted by molar-refractivity contribution is 5.73. The first-order valence-corrected chi connectivity index (χ1v) is 5.05. The highest BCUT2D eigenvalue weighted by Crippen LogP contribution is 2.03. The maximum absolute atomic E-state index is 11.1. The average molecular weight is 184 g/mol. The molecule has 1 unspecified atom stereocenters. The van der Waals surface area contributed by atoms with E-state index >= 15 is 0 Å². The lowest BCUT2D eigenvalue weighted by Crippen LogP contribution is -2.12. The molecule has 0 aromatic carbocycles. The van der Waals surface area contributed by atoms with E-state index in [-0.39, 0.29) is 11.9 Å². The molecule has 0 aromatic heterocycles. The number of allylic oxidation sites excluding steroid dienone is 1. The standard InChI is InChI=1S/C11H20O2/c1-4-6-7-8-9-10(3)11(12)13-5-2/h8-10H,4-7H2,1-3H3/b9-8-. The summed E-state index contributed by atoms with van der Waals surface area (Å²) in [6, 6.07) is 0. The van der Waals surface area contributed by atoms with Crippen LogP contribution in [0.1, 0.15) is 40.0 Å². The van der Waals surface area contributed by atoms with Crippen molar-refractivity contribution in [2.45, 2.75) is 40.0 Å².